The van der Waals surface area contributed by atoms with Crippen molar-refractivity contribution in [2.75, 3.05) is 26.2 Å². The fourth-order valence-electron chi connectivity index (χ4n) is 2.86. The molecule has 2 aliphatic heterocycles. The minimum absolute atomic E-state index is 0.387. The van der Waals surface area contributed by atoms with Crippen molar-refractivity contribution in [1.82, 2.24) is 10.2 Å². The third kappa shape index (κ3) is 3.21. The lowest BCUT2D eigenvalue weighted by molar-refractivity contribution is -0.133. The molecule has 2 atom stereocenters. The van der Waals surface area contributed by atoms with Gasteiger partial charge in [0.05, 0.1) is 0 Å². The molecule has 2 rings (SSSR count). The predicted octanol–water partition coefficient (Wildman–Crippen LogP) is 1.63. The molecule has 16 heavy (non-hydrogen) atoms. The fraction of sp³-hybridized carbons (Fsp3) is 0.923. The lowest BCUT2D eigenvalue weighted by atomic mass is 9.98. The summed E-state index contributed by atoms with van der Waals surface area (Å²) < 4.78 is 0. The molecule has 92 valence electrons. The number of likely N-dealkylation sites (tertiary alicyclic amines) is 1. The number of hydrogen-bond donors (Lipinski definition) is 1. The van der Waals surface area contributed by atoms with E-state index in [1.54, 1.807) is 0 Å². The van der Waals surface area contributed by atoms with Crippen LogP contribution in [-0.4, -0.2) is 37.0 Å². The number of nitrogens with one attached hydrogen (secondary N) is 1. The van der Waals surface area contributed by atoms with Crippen LogP contribution < -0.4 is 5.32 Å². The minimum atomic E-state index is 0.387. The van der Waals surface area contributed by atoms with E-state index in [1.807, 2.05) is 0 Å². The summed E-state index contributed by atoms with van der Waals surface area (Å²) in [5.41, 5.74) is 0. The van der Waals surface area contributed by atoms with Gasteiger partial charge >= 0.3 is 0 Å². The van der Waals surface area contributed by atoms with Gasteiger partial charge in [0.15, 0.2) is 0 Å². The molecule has 0 aromatic carbocycles. The molecule has 0 saturated carbocycles. The Hall–Kier alpha value is -0.570. The van der Waals surface area contributed by atoms with E-state index in [0.717, 1.165) is 44.9 Å². The van der Waals surface area contributed by atoms with Gasteiger partial charge in [-0.05, 0) is 50.6 Å². The molecular formula is C13H24N2O. The lowest BCUT2D eigenvalue weighted by Crippen LogP contribution is -2.39. The molecule has 2 saturated heterocycles. The summed E-state index contributed by atoms with van der Waals surface area (Å²) in [5.74, 6) is 1.83. The first-order valence-electron chi connectivity index (χ1n) is 6.74. The van der Waals surface area contributed by atoms with Gasteiger partial charge in [-0.3, -0.25) is 4.79 Å². The maximum atomic E-state index is 12.0. The SMILES string of the molecule is CC1CCCN(C(=O)CCC2CCNC2)C1. The number of hydrogen-bond acceptors (Lipinski definition) is 2. The lowest BCUT2D eigenvalue weighted by Gasteiger charge is -2.31. The van der Waals surface area contributed by atoms with Crippen LogP contribution in [0, 0.1) is 11.8 Å². The first kappa shape index (κ1) is 11.9. The molecule has 0 aromatic rings. The second kappa shape index (κ2) is 5.67. The minimum Gasteiger partial charge on any atom is -0.342 e. The van der Waals surface area contributed by atoms with Gasteiger partial charge in [-0.2, -0.15) is 0 Å². The first-order valence-corrected chi connectivity index (χ1v) is 6.74. The van der Waals surface area contributed by atoms with Crippen molar-refractivity contribution >= 4 is 5.91 Å². The number of piperidine rings is 1. The van der Waals surface area contributed by atoms with Crippen molar-refractivity contribution in [2.24, 2.45) is 11.8 Å². The van der Waals surface area contributed by atoms with E-state index < -0.39 is 0 Å². The number of rotatable bonds is 3. The van der Waals surface area contributed by atoms with Gasteiger partial charge in [-0.1, -0.05) is 6.92 Å². The molecular weight excluding hydrogens is 200 g/mol. The predicted molar refractivity (Wildman–Crippen MR) is 65.2 cm³/mol. The van der Waals surface area contributed by atoms with Gasteiger partial charge in [0.2, 0.25) is 5.91 Å². The molecule has 0 aliphatic carbocycles. The zero-order chi connectivity index (χ0) is 11.4. The van der Waals surface area contributed by atoms with Crippen molar-refractivity contribution in [3.05, 3.63) is 0 Å². The zero-order valence-electron chi connectivity index (χ0n) is 10.4. The second-order valence-electron chi connectivity index (χ2n) is 5.48. The van der Waals surface area contributed by atoms with Crippen LogP contribution in [0.3, 0.4) is 0 Å². The van der Waals surface area contributed by atoms with E-state index in [-0.39, 0.29) is 0 Å². The monoisotopic (exact) mass is 224 g/mol. The van der Waals surface area contributed by atoms with Crippen LogP contribution in [-0.2, 0) is 4.79 Å². The molecule has 2 heterocycles. The van der Waals surface area contributed by atoms with Crippen molar-refractivity contribution in [3.8, 4) is 0 Å². The summed E-state index contributed by atoms with van der Waals surface area (Å²) in [5, 5.41) is 3.36. The molecule has 2 aliphatic rings. The van der Waals surface area contributed by atoms with Gasteiger partial charge in [0.1, 0.15) is 0 Å². The summed E-state index contributed by atoms with van der Waals surface area (Å²) >= 11 is 0. The molecule has 3 nitrogen and oxygen atoms in total. The Bertz CT molecular complexity index is 236. The number of amides is 1. The van der Waals surface area contributed by atoms with E-state index >= 15 is 0 Å². The summed E-state index contributed by atoms with van der Waals surface area (Å²) in [4.78, 5) is 14.1. The van der Waals surface area contributed by atoms with Crippen molar-refractivity contribution in [2.45, 2.75) is 39.0 Å². The van der Waals surface area contributed by atoms with Gasteiger partial charge in [0.25, 0.3) is 0 Å². The number of nitrogens with zero attached hydrogens (tertiary/aromatic N) is 1. The van der Waals surface area contributed by atoms with Crippen LogP contribution in [0.4, 0.5) is 0 Å². The fourth-order valence-corrected chi connectivity index (χ4v) is 2.86. The van der Waals surface area contributed by atoms with Crippen molar-refractivity contribution < 1.29 is 4.79 Å². The number of carbonyl (C=O) groups is 1. The maximum Gasteiger partial charge on any atom is 0.222 e. The third-order valence-corrected chi connectivity index (χ3v) is 3.94. The van der Waals surface area contributed by atoms with E-state index in [9.17, 15) is 4.79 Å². The Kier molecular flexibility index (Phi) is 4.22. The van der Waals surface area contributed by atoms with E-state index in [2.05, 4.69) is 17.1 Å². The molecule has 0 aromatic heterocycles. The third-order valence-electron chi connectivity index (χ3n) is 3.94. The Morgan fingerprint density at radius 1 is 1.44 bits per heavy atom. The second-order valence-corrected chi connectivity index (χ2v) is 5.48. The topological polar surface area (TPSA) is 32.3 Å². The summed E-state index contributed by atoms with van der Waals surface area (Å²) in [6.07, 6.45) is 5.58. The van der Waals surface area contributed by atoms with E-state index in [0.29, 0.717) is 11.8 Å². The van der Waals surface area contributed by atoms with Gasteiger partial charge in [-0.15, -0.1) is 0 Å². The Morgan fingerprint density at radius 3 is 3.00 bits per heavy atom. The summed E-state index contributed by atoms with van der Waals surface area (Å²) in [6, 6.07) is 0. The standard InChI is InChI=1S/C13H24N2O/c1-11-3-2-8-15(10-11)13(16)5-4-12-6-7-14-9-12/h11-12,14H,2-10H2,1H3. The Balaban J connectivity index is 1.70. The highest BCUT2D eigenvalue weighted by atomic mass is 16.2. The molecule has 1 amide bonds. The van der Waals surface area contributed by atoms with Crippen LogP contribution in [0.5, 0.6) is 0 Å². The van der Waals surface area contributed by atoms with Crippen LogP contribution in [0.15, 0.2) is 0 Å². The highest BCUT2D eigenvalue weighted by Crippen LogP contribution is 2.19. The van der Waals surface area contributed by atoms with Gasteiger partial charge < -0.3 is 10.2 Å². The molecule has 0 spiro atoms. The molecule has 2 unspecified atom stereocenters. The van der Waals surface area contributed by atoms with E-state index in [4.69, 9.17) is 0 Å². The van der Waals surface area contributed by atoms with Crippen molar-refractivity contribution in [1.29, 1.82) is 0 Å². The first-order chi connectivity index (χ1) is 7.75. The Labute approximate surface area is 98.6 Å². The molecule has 2 fully saturated rings. The van der Waals surface area contributed by atoms with Crippen LogP contribution >= 0.6 is 0 Å². The highest BCUT2D eigenvalue weighted by Gasteiger charge is 2.22. The van der Waals surface area contributed by atoms with Crippen LogP contribution in [0.1, 0.15) is 39.0 Å². The molecule has 0 bridgehead atoms. The average Bonchev–Trinajstić information content (AvgIpc) is 2.78. The average molecular weight is 224 g/mol. The smallest absolute Gasteiger partial charge is 0.222 e. The largest absolute Gasteiger partial charge is 0.342 e. The quantitative estimate of drug-likeness (QED) is 0.790. The van der Waals surface area contributed by atoms with Gasteiger partial charge in [0, 0.05) is 19.5 Å². The molecule has 0 radical (unpaired) electrons. The summed E-state index contributed by atoms with van der Waals surface area (Å²) in [6.45, 7) is 6.48. The van der Waals surface area contributed by atoms with E-state index in [1.165, 1.54) is 19.3 Å². The zero-order valence-corrected chi connectivity index (χ0v) is 10.4. The van der Waals surface area contributed by atoms with Gasteiger partial charge in [-0.25, -0.2) is 0 Å². The van der Waals surface area contributed by atoms with Crippen molar-refractivity contribution in [3.63, 3.8) is 0 Å². The highest BCUT2D eigenvalue weighted by molar-refractivity contribution is 5.76. The maximum absolute atomic E-state index is 12.0. The van der Waals surface area contributed by atoms with Crippen LogP contribution in [0.2, 0.25) is 0 Å². The molecule has 3 heteroatoms. The molecule has 1 N–H and O–H groups in total. The van der Waals surface area contributed by atoms with Crippen LogP contribution in [0.25, 0.3) is 0 Å². The number of carbonyl (C=O) groups excluding carboxylic acids is 1. The Morgan fingerprint density at radius 2 is 2.31 bits per heavy atom. The summed E-state index contributed by atoms with van der Waals surface area (Å²) in [7, 11) is 0. The normalized spacial score (nSPS) is 30.7.